The average molecular weight is 296 g/mol. The Labute approximate surface area is 95.7 Å². The van der Waals surface area contributed by atoms with Crippen LogP contribution in [-0.2, 0) is 0 Å². The molecular weight excluding hydrogens is 292 g/mol. The van der Waals surface area contributed by atoms with Crippen LogP contribution in [0.4, 0.5) is 14.5 Å². The van der Waals surface area contributed by atoms with Gasteiger partial charge in [-0.1, -0.05) is 0 Å². The Morgan fingerprint density at radius 3 is 2.56 bits per heavy atom. The van der Waals surface area contributed by atoms with E-state index in [0.717, 1.165) is 0 Å². The smallest absolute Gasteiger partial charge is 0.297 e. The lowest BCUT2D eigenvalue weighted by Gasteiger charge is -2.04. The highest BCUT2D eigenvalue weighted by atomic mass is 79.9. The van der Waals surface area contributed by atoms with E-state index in [2.05, 4.69) is 20.9 Å². The standard InChI is InChI=1S/C7H4BrF2N3O3/c8-5-2(7(11)14)1-3(13(15)16)4(12-5)6(9)10/h1,6H,(H2,11,14). The second-order valence-corrected chi connectivity index (χ2v) is 3.40. The fraction of sp³-hybridized carbons (Fsp3) is 0.143. The van der Waals surface area contributed by atoms with Crippen molar-refractivity contribution in [2.75, 3.05) is 0 Å². The number of aromatic nitrogens is 1. The lowest BCUT2D eigenvalue weighted by Crippen LogP contribution is -2.14. The van der Waals surface area contributed by atoms with E-state index in [9.17, 15) is 23.7 Å². The molecule has 0 saturated heterocycles. The van der Waals surface area contributed by atoms with E-state index >= 15 is 0 Å². The molecule has 2 N–H and O–H groups in total. The quantitative estimate of drug-likeness (QED) is 0.522. The van der Waals surface area contributed by atoms with Gasteiger partial charge < -0.3 is 5.73 Å². The summed E-state index contributed by atoms with van der Waals surface area (Å²) in [7, 11) is 0. The van der Waals surface area contributed by atoms with Gasteiger partial charge in [-0.25, -0.2) is 13.8 Å². The van der Waals surface area contributed by atoms with Crippen LogP contribution in [0.25, 0.3) is 0 Å². The Morgan fingerprint density at radius 2 is 2.19 bits per heavy atom. The zero-order valence-corrected chi connectivity index (χ0v) is 9.07. The Balaban J connectivity index is 3.49. The zero-order valence-electron chi connectivity index (χ0n) is 7.49. The number of hydrogen-bond donors (Lipinski definition) is 1. The average Bonchev–Trinajstić information content (AvgIpc) is 2.15. The van der Waals surface area contributed by atoms with Crippen LogP contribution in [0.1, 0.15) is 22.5 Å². The van der Waals surface area contributed by atoms with Crippen LogP contribution in [0.15, 0.2) is 10.7 Å². The molecule has 0 bridgehead atoms. The van der Waals surface area contributed by atoms with Crippen LogP contribution < -0.4 is 5.73 Å². The predicted molar refractivity (Wildman–Crippen MR) is 52.1 cm³/mol. The molecule has 1 amide bonds. The van der Waals surface area contributed by atoms with Crippen molar-refractivity contribution in [1.82, 2.24) is 4.98 Å². The SMILES string of the molecule is NC(=O)c1cc([N+](=O)[O-])c(C(F)F)nc1Br. The van der Waals surface area contributed by atoms with Crippen molar-refractivity contribution in [1.29, 1.82) is 0 Å². The monoisotopic (exact) mass is 295 g/mol. The summed E-state index contributed by atoms with van der Waals surface area (Å²) in [5, 5.41) is 10.5. The molecule has 1 heterocycles. The van der Waals surface area contributed by atoms with Gasteiger partial charge in [0.1, 0.15) is 4.60 Å². The van der Waals surface area contributed by atoms with Gasteiger partial charge in [0, 0.05) is 6.07 Å². The first-order valence-corrected chi connectivity index (χ1v) is 4.56. The molecule has 0 aliphatic heterocycles. The van der Waals surface area contributed by atoms with E-state index in [1.165, 1.54) is 0 Å². The third kappa shape index (κ3) is 2.30. The van der Waals surface area contributed by atoms with Gasteiger partial charge in [0.25, 0.3) is 18.0 Å². The summed E-state index contributed by atoms with van der Waals surface area (Å²) in [5.74, 6) is -0.997. The summed E-state index contributed by atoms with van der Waals surface area (Å²) < 4.78 is 24.5. The fourth-order valence-electron chi connectivity index (χ4n) is 0.973. The molecule has 16 heavy (non-hydrogen) atoms. The molecule has 0 saturated carbocycles. The lowest BCUT2D eigenvalue weighted by atomic mass is 10.2. The third-order valence-corrected chi connectivity index (χ3v) is 2.26. The topological polar surface area (TPSA) is 99.1 Å². The first-order chi connectivity index (χ1) is 7.34. The van der Waals surface area contributed by atoms with Gasteiger partial charge in [-0.05, 0) is 15.9 Å². The number of halogens is 3. The van der Waals surface area contributed by atoms with Crippen molar-refractivity contribution in [3.63, 3.8) is 0 Å². The zero-order chi connectivity index (χ0) is 12.5. The molecule has 0 radical (unpaired) electrons. The number of primary amides is 1. The number of amides is 1. The maximum atomic E-state index is 12.4. The highest BCUT2D eigenvalue weighted by molar-refractivity contribution is 9.10. The third-order valence-electron chi connectivity index (χ3n) is 1.65. The van der Waals surface area contributed by atoms with Gasteiger partial charge in [0.15, 0.2) is 5.69 Å². The molecule has 0 spiro atoms. The molecule has 0 aromatic carbocycles. The molecule has 0 unspecified atom stereocenters. The van der Waals surface area contributed by atoms with E-state index in [-0.39, 0.29) is 10.2 Å². The summed E-state index contributed by atoms with van der Waals surface area (Å²) in [6, 6.07) is 0.668. The number of hydrogen-bond acceptors (Lipinski definition) is 4. The number of carbonyl (C=O) groups is 1. The largest absolute Gasteiger partial charge is 0.366 e. The summed E-state index contributed by atoms with van der Waals surface area (Å²) in [5.41, 5.74) is 2.62. The maximum Gasteiger partial charge on any atom is 0.297 e. The molecule has 0 aliphatic carbocycles. The minimum Gasteiger partial charge on any atom is -0.366 e. The molecule has 86 valence electrons. The normalized spacial score (nSPS) is 10.5. The summed E-state index contributed by atoms with van der Waals surface area (Å²) in [4.78, 5) is 23.5. The van der Waals surface area contributed by atoms with Crippen molar-refractivity contribution >= 4 is 27.5 Å². The van der Waals surface area contributed by atoms with Gasteiger partial charge >= 0.3 is 0 Å². The van der Waals surface area contributed by atoms with Crippen LogP contribution in [0.2, 0.25) is 0 Å². The van der Waals surface area contributed by atoms with E-state index in [0.29, 0.717) is 6.07 Å². The number of rotatable bonds is 3. The minimum absolute atomic E-state index is 0.249. The molecular formula is C7H4BrF2N3O3. The summed E-state index contributed by atoms with van der Waals surface area (Å²) in [6.45, 7) is 0. The van der Waals surface area contributed by atoms with E-state index < -0.39 is 28.6 Å². The van der Waals surface area contributed by atoms with E-state index in [1.54, 1.807) is 0 Å². The molecule has 0 aliphatic rings. The van der Waals surface area contributed by atoms with E-state index in [4.69, 9.17) is 5.73 Å². The Hall–Kier alpha value is -1.64. The van der Waals surface area contributed by atoms with E-state index in [1.807, 2.05) is 0 Å². The van der Waals surface area contributed by atoms with Crippen molar-refractivity contribution in [3.8, 4) is 0 Å². The first kappa shape index (κ1) is 12.4. The van der Waals surface area contributed by atoms with Crippen LogP contribution in [0.5, 0.6) is 0 Å². The number of pyridine rings is 1. The highest BCUT2D eigenvalue weighted by Crippen LogP contribution is 2.30. The molecule has 1 aromatic heterocycles. The predicted octanol–water partition coefficient (Wildman–Crippen LogP) is 1.79. The van der Waals surface area contributed by atoms with Gasteiger partial charge in [-0.15, -0.1) is 0 Å². The second kappa shape index (κ2) is 4.47. The summed E-state index contributed by atoms with van der Waals surface area (Å²) >= 11 is 2.73. The van der Waals surface area contributed by atoms with Gasteiger partial charge in [-0.2, -0.15) is 0 Å². The minimum atomic E-state index is -3.11. The van der Waals surface area contributed by atoms with Crippen molar-refractivity contribution in [2.24, 2.45) is 5.73 Å². The van der Waals surface area contributed by atoms with Gasteiger partial charge in [0.05, 0.1) is 10.5 Å². The fourth-order valence-corrected chi connectivity index (χ4v) is 1.47. The molecule has 9 heteroatoms. The second-order valence-electron chi connectivity index (χ2n) is 2.65. The molecule has 0 fully saturated rings. The highest BCUT2D eigenvalue weighted by Gasteiger charge is 2.27. The first-order valence-electron chi connectivity index (χ1n) is 3.77. The number of carbonyl (C=O) groups excluding carboxylic acids is 1. The van der Waals surface area contributed by atoms with Crippen molar-refractivity contribution in [3.05, 3.63) is 32.0 Å². The van der Waals surface area contributed by atoms with Gasteiger partial charge in [-0.3, -0.25) is 14.9 Å². The lowest BCUT2D eigenvalue weighted by molar-refractivity contribution is -0.386. The molecule has 1 rings (SSSR count). The van der Waals surface area contributed by atoms with Crippen molar-refractivity contribution in [2.45, 2.75) is 6.43 Å². The van der Waals surface area contributed by atoms with Crippen LogP contribution >= 0.6 is 15.9 Å². The molecule has 1 aromatic rings. The Morgan fingerprint density at radius 1 is 1.62 bits per heavy atom. The Kier molecular flexibility index (Phi) is 3.48. The van der Waals surface area contributed by atoms with Crippen LogP contribution in [-0.4, -0.2) is 15.8 Å². The Bertz CT molecular complexity index is 466. The van der Waals surface area contributed by atoms with Gasteiger partial charge in [0.2, 0.25) is 0 Å². The maximum absolute atomic E-state index is 12.4. The van der Waals surface area contributed by atoms with Crippen LogP contribution in [0, 0.1) is 10.1 Å². The number of nitrogens with two attached hydrogens (primary N) is 1. The number of alkyl halides is 2. The van der Waals surface area contributed by atoms with Crippen LogP contribution in [0.3, 0.4) is 0 Å². The summed E-state index contributed by atoms with van der Waals surface area (Å²) in [6.07, 6.45) is -3.11. The number of nitrogens with zero attached hydrogens (tertiary/aromatic N) is 2. The molecule has 0 atom stereocenters. The molecule has 6 nitrogen and oxygen atoms in total. The van der Waals surface area contributed by atoms with Crippen molar-refractivity contribution < 1.29 is 18.5 Å². The number of nitro groups is 1.